The second-order valence-corrected chi connectivity index (χ2v) is 4.40. The van der Waals surface area contributed by atoms with Gasteiger partial charge in [0.25, 0.3) is 5.91 Å². The Morgan fingerprint density at radius 3 is 2.52 bits per heavy atom. The van der Waals surface area contributed by atoms with Gasteiger partial charge >= 0.3 is 6.18 Å². The Labute approximate surface area is 117 Å². The summed E-state index contributed by atoms with van der Waals surface area (Å²) in [6.45, 7) is 1.73. The average Bonchev–Trinajstić information content (AvgIpc) is 2.37. The van der Waals surface area contributed by atoms with Crippen LogP contribution in [-0.4, -0.2) is 10.9 Å². The smallest absolute Gasteiger partial charge is 0.320 e. The molecule has 0 aliphatic carbocycles. The number of aryl methyl sites for hydroxylation is 1. The molecular formula is C14H10F4N2O. The van der Waals surface area contributed by atoms with Crippen molar-refractivity contribution in [2.75, 3.05) is 5.32 Å². The van der Waals surface area contributed by atoms with Crippen molar-refractivity contribution in [3.05, 3.63) is 59.2 Å². The van der Waals surface area contributed by atoms with Crippen molar-refractivity contribution >= 4 is 11.6 Å². The molecule has 0 aliphatic rings. The molecule has 110 valence electrons. The monoisotopic (exact) mass is 298 g/mol. The summed E-state index contributed by atoms with van der Waals surface area (Å²) in [7, 11) is 0. The molecule has 0 spiro atoms. The van der Waals surface area contributed by atoms with E-state index in [0.29, 0.717) is 18.2 Å². The molecule has 1 N–H and O–H groups in total. The molecule has 1 aromatic heterocycles. The first-order chi connectivity index (χ1) is 9.77. The van der Waals surface area contributed by atoms with Gasteiger partial charge in [-0.15, -0.1) is 0 Å². The molecule has 0 bridgehead atoms. The number of amides is 1. The Hall–Kier alpha value is -2.44. The van der Waals surface area contributed by atoms with Gasteiger partial charge in [0.1, 0.15) is 5.82 Å². The number of carbonyl (C=O) groups is 1. The SMILES string of the molecule is Cc1cncc(NC(=O)c2cc(C(F)(F)F)ccc2F)c1. The standard InChI is InChI=1S/C14H10F4N2O/c1-8-4-10(7-19-6-8)20-13(21)11-5-9(14(16,17)18)2-3-12(11)15/h2-7H,1H3,(H,20,21). The number of pyridine rings is 1. The van der Waals surface area contributed by atoms with Gasteiger partial charge < -0.3 is 5.32 Å². The maximum absolute atomic E-state index is 13.5. The van der Waals surface area contributed by atoms with Gasteiger partial charge in [-0.2, -0.15) is 13.2 Å². The fourth-order valence-electron chi connectivity index (χ4n) is 1.70. The third-order valence-corrected chi connectivity index (χ3v) is 2.67. The van der Waals surface area contributed by atoms with Crippen LogP contribution in [0.5, 0.6) is 0 Å². The lowest BCUT2D eigenvalue weighted by Gasteiger charge is -2.10. The molecular weight excluding hydrogens is 288 g/mol. The Balaban J connectivity index is 2.31. The number of rotatable bonds is 2. The van der Waals surface area contributed by atoms with E-state index in [2.05, 4.69) is 10.3 Å². The molecule has 7 heteroatoms. The van der Waals surface area contributed by atoms with Crippen molar-refractivity contribution in [3.8, 4) is 0 Å². The van der Waals surface area contributed by atoms with Crippen molar-refractivity contribution in [2.24, 2.45) is 0 Å². The highest BCUT2D eigenvalue weighted by molar-refractivity contribution is 6.04. The predicted molar refractivity (Wildman–Crippen MR) is 68.3 cm³/mol. The first-order valence-corrected chi connectivity index (χ1v) is 5.87. The molecule has 0 saturated heterocycles. The zero-order valence-electron chi connectivity index (χ0n) is 10.8. The van der Waals surface area contributed by atoms with Gasteiger partial charge in [0.15, 0.2) is 0 Å². The minimum Gasteiger partial charge on any atom is -0.320 e. The normalized spacial score (nSPS) is 11.3. The topological polar surface area (TPSA) is 42.0 Å². The third kappa shape index (κ3) is 3.56. The van der Waals surface area contributed by atoms with Gasteiger partial charge in [-0.1, -0.05) is 0 Å². The highest BCUT2D eigenvalue weighted by Crippen LogP contribution is 2.30. The van der Waals surface area contributed by atoms with Crippen molar-refractivity contribution in [1.82, 2.24) is 4.98 Å². The van der Waals surface area contributed by atoms with E-state index in [9.17, 15) is 22.4 Å². The number of hydrogen-bond acceptors (Lipinski definition) is 2. The second kappa shape index (κ2) is 5.51. The minimum absolute atomic E-state index is 0.275. The van der Waals surface area contributed by atoms with E-state index in [1.54, 1.807) is 19.2 Å². The number of anilines is 1. The molecule has 0 saturated carbocycles. The van der Waals surface area contributed by atoms with Crippen LogP contribution >= 0.6 is 0 Å². The van der Waals surface area contributed by atoms with Crippen molar-refractivity contribution in [1.29, 1.82) is 0 Å². The predicted octanol–water partition coefficient (Wildman–Crippen LogP) is 3.80. The van der Waals surface area contributed by atoms with E-state index in [4.69, 9.17) is 0 Å². The molecule has 21 heavy (non-hydrogen) atoms. The number of nitrogens with zero attached hydrogens (tertiary/aromatic N) is 1. The Kier molecular flexibility index (Phi) is 3.93. The first-order valence-electron chi connectivity index (χ1n) is 5.87. The van der Waals surface area contributed by atoms with E-state index < -0.39 is 29.0 Å². The van der Waals surface area contributed by atoms with Crippen LogP contribution < -0.4 is 5.32 Å². The summed E-state index contributed by atoms with van der Waals surface area (Å²) in [5.41, 5.74) is -0.739. The summed E-state index contributed by atoms with van der Waals surface area (Å²) in [4.78, 5) is 15.7. The first kappa shape index (κ1) is 15.0. The summed E-state index contributed by atoms with van der Waals surface area (Å²) < 4.78 is 51.3. The number of aromatic nitrogens is 1. The van der Waals surface area contributed by atoms with Crippen LogP contribution in [0.25, 0.3) is 0 Å². The molecule has 2 aromatic rings. The maximum Gasteiger partial charge on any atom is 0.416 e. The average molecular weight is 298 g/mol. The van der Waals surface area contributed by atoms with Gasteiger partial charge in [0.05, 0.1) is 23.0 Å². The van der Waals surface area contributed by atoms with E-state index in [0.717, 1.165) is 5.56 Å². The van der Waals surface area contributed by atoms with Gasteiger partial charge in [-0.3, -0.25) is 9.78 Å². The summed E-state index contributed by atoms with van der Waals surface area (Å²) in [5, 5.41) is 2.31. The summed E-state index contributed by atoms with van der Waals surface area (Å²) >= 11 is 0. The van der Waals surface area contributed by atoms with Gasteiger partial charge in [-0.25, -0.2) is 4.39 Å². The Morgan fingerprint density at radius 1 is 1.19 bits per heavy atom. The van der Waals surface area contributed by atoms with E-state index >= 15 is 0 Å². The van der Waals surface area contributed by atoms with E-state index in [-0.39, 0.29) is 5.69 Å². The molecule has 0 aliphatic heterocycles. The number of alkyl halides is 3. The third-order valence-electron chi connectivity index (χ3n) is 2.67. The van der Waals surface area contributed by atoms with Crippen molar-refractivity contribution in [2.45, 2.75) is 13.1 Å². The lowest BCUT2D eigenvalue weighted by atomic mass is 10.1. The van der Waals surface area contributed by atoms with Crippen LogP contribution in [0.2, 0.25) is 0 Å². The fourth-order valence-corrected chi connectivity index (χ4v) is 1.70. The van der Waals surface area contributed by atoms with Gasteiger partial charge in [0, 0.05) is 6.20 Å². The molecule has 0 unspecified atom stereocenters. The number of benzene rings is 1. The zero-order valence-corrected chi connectivity index (χ0v) is 10.8. The van der Waals surface area contributed by atoms with Crippen molar-refractivity contribution < 1.29 is 22.4 Å². The Morgan fingerprint density at radius 2 is 1.90 bits per heavy atom. The molecule has 0 radical (unpaired) electrons. The molecule has 1 amide bonds. The van der Waals surface area contributed by atoms with E-state index in [1.165, 1.54) is 6.20 Å². The molecule has 3 nitrogen and oxygen atoms in total. The van der Waals surface area contributed by atoms with Crippen molar-refractivity contribution in [3.63, 3.8) is 0 Å². The lowest BCUT2D eigenvalue weighted by Crippen LogP contribution is -2.16. The minimum atomic E-state index is -4.65. The van der Waals surface area contributed by atoms with Crippen LogP contribution in [0.1, 0.15) is 21.5 Å². The summed E-state index contributed by atoms with van der Waals surface area (Å²) in [6, 6.07) is 3.25. The quantitative estimate of drug-likeness (QED) is 0.857. The molecule has 1 aromatic carbocycles. The zero-order chi connectivity index (χ0) is 15.6. The highest BCUT2D eigenvalue weighted by atomic mass is 19.4. The largest absolute Gasteiger partial charge is 0.416 e. The van der Waals surface area contributed by atoms with Gasteiger partial charge in [-0.05, 0) is 36.8 Å². The van der Waals surface area contributed by atoms with Crippen LogP contribution in [0, 0.1) is 12.7 Å². The molecule has 1 heterocycles. The van der Waals surface area contributed by atoms with Crippen LogP contribution in [0.4, 0.5) is 23.2 Å². The number of hydrogen-bond donors (Lipinski definition) is 1. The lowest BCUT2D eigenvalue weighted by molar-refractivity contribution is -0.137. The second-order valence-electron chi connectivity index (χ2n) is 4.40. The number of nitrogens with one attached hydrogen (secondary N) is 1. The van der Waals surface area contributed by atoms with E-state index in [1.807, 2.05) is 0 Å². The number of carbonyl (C=O) groups excluding carboxylic acids is 1. The van der Waals surface area contributed by atoms with Crippen LogP contribution in [-0.2, 0) is 6.18 Å². The number of halogens is 4. The van der Waals surface area contributed by atoms with Crippen LogP contribution in [0.15, 0.2) is 36.7 Å². The molecule has 0 fully saturated rings. The van der Waals surface area contributed by atoms with Gasteiger partial charge in [0.2, 0.25) is 0 Å². The molecule has 2 rings (SSSR count). The maximum atomic E-state index is 13.5. The molecule has 0 atom stereocenters. The highest BCUT2D eigenvalue weighted by Gasteiger charge is 2.31. The summed E-state index contributed by atoms with van der Waals surface area (Å²) in [6.07, 6.45) is -1.79. The van der Waals surface area contributed by atoms with Crippen LogP contribution in [0.3, 0.4) is 0 Å². The summed E-state index contributed by atoms with van der Waals surface area (Å²) in [5.74, 6) is -1.99. The fraction of sp³-hybridized carbons (Fsp3) is 0.143. The Bertz CT molecular complexity index is 683.